The van der Waals surface area contributed by atoms with Crippen LogP contribution in [-0.4, -0.2) is 19.7 Å². The van der Waals surface area contributed by atoms with Crippen LogP contribution in [0.4, 0.5) is 0 Å². The smallest absolute Gasteiger partial charge is 0.0965 e. The fourth-order valence-corrected chi connectivity index (χ4v) is 3.83. The molecule has 0 saturated carbocycles. The first-order valence-corrected chi connectivity index (χ1v) is 9.01. The molecule has 1 aliphatic rings. The normalized spacial score (nSPS) is 14.9. The van der Waals surface area contributed by atoms with Crippen molar-refractivity contribution < 1.29 is 0 Å². The molecule has 0 bridgehead atoms. The Hall–Kier alpha value is -2.72. The van der Waals surface area contributed by atoms with Crippen LogP contribution in [0.15, 0.2) is 54.7 Å². The van der Waals surface area contributed by atoms with Gasteiger partial charge in [0.05, 0.1) is 40.0 Å². The van der Waals surface area contributed by atoms with Crippen molar-refractivity contribution in [2.45, 2.75) is 25.7 Å². The summed E-state index contributed by atoms with van der Waals surface area (Å²) in [6.45, 7) is 4.44. The molecule has 0 aliphatic heterocycles. The Labute approximate surface area is 156 Å². The molecule has 2 heterocycles. The summed E-state index contributed by atoms with van der Waals surface area (Å²) in [5.41, 5.74) is 6.94. The maximum absolute atomic E-state index is 6.04. The van der Waals surface area contributed by atoms with E-state index in [0.29, 0.717) is 0 Å². The van der Waals surface area contributed by atoms with Gasteiger partial charge in [-0.05, 0) is 36.4 Å². The molecule has 26 heavy (non-hydrogen) atoms. The molecule has 0 saturated heterocycles. The van der Waals surface area contributed by atoms with Crippen LogP contribution in [0.2, 0.25) is 5.02 Å². The van der Waals surface area contributed by atoms with Gasteiger partial charge in [0.25, 0.3) is 0 Å². The summed E-state index contributed by atoms with van der Waals surface area (Å²) in [5.74, 6) is 0. The second-order valence-corrected chi connectivity index (χ2v) is 7.80. The second kappa shape index (κ2) is 5.39. The summed E-state index contributed by atoms with van der Waals surface area (Å²) in [7, 11) is 0. The van der Waals surface area contributed by atoms with Gasteiger partial charge < -0.3 is 0 Å². The highest BCUT2D eigenvalue weighted by molar-refractivity contribution is 6.30. The van der Waals surface area contributed by atoms with E-state index in [-0.39, 0.29) is 5.41 Å². The monoisotopic (exact) mass is 360 g/mol. The van der Waals surface area contributed by atoms with Crippen LogP contribution in [0.25, 0.3) is 28.0 Å². The van der Waals surface area contributed by atoms with E-state index in [1.165, 1.54) is 0 Å². The molecule has 128 valence electrons. The van der Waals surface area contributed by atoms with Crippen molar-refractivity contribution >= 4 is 22.6 Å². The molecule has 0 N–H and O–H groups in total. The van der Waals surface area contributed by atoms with E-state index < -0.39 is 0 Å². The zero-order valence-corrected chi connectivity index (χ0v) is 15.3. The van der Waals surface area contributed by atoms with Crippen LogP contribution in [0.5, 0.6) is 0 Å². The molecule has 5 rings (SSSR count). The Kier molecular flexibility index (Phi) is 3.22. The van der Waals surface area contributed by atoms with Gasteiger partial charge in [0, 0.05) is 22.4 Å². The maximum Gasteiger partial charge on any atom is 0.0965 e. The lowest BCUT2D eigenvalue weighted by molar-refractivity contribution is 0.486. The molecule has 4 aromatic rings. The lowest BCUT2D eigenvalue weighted by atomic mass is 9.77. The van der Waals surface area contributed by atoms with E-state index in [2.05, 4.69) is 18.9 Å². The lowest BCUT2D eigenvalue weighted by Crippen LogP contribution is -2.29. The van der Waals surface area contributed by atoms with Gasteiger partial charge in [-0.15, -0.1) is 0 Å². The van der Waals surface area contributed by atoms with Crippen molar-refractivity contribution in [1.82, 2.24) is 19.7 Å². The molecule has 2 aromatic heterocycles. The summed E-state index contributed by atoms with van der Waals surface area (Å²) in [6, 6.07) is 15.8. The van der Waals surface area contributed by atoms with Crippen LogP contribution < -0.4 is 0 Å². The van der Waals surface area contributed by atoms with Crippen LogP contribution in [0, 0.1) is 0 Å². The number of aromatic nitrogens is 4. The van der Waals surface area contributed by atoms with Gasteiger partial charge in [-0.3, -0.25) is 0 Å². The van der Waals surface area contributed by atoms with Gasteiger partial charge in [-0.2, -0.15) is 5.10 Å². The Bertz CT molecular complexity index is 1140. The highest BCUT2D eigenvalue weighted by Crippen LogP contribution is 2.42. The summed E-state index contributed by atoms with van der Waals surface area (Å²) < 4.78 is 1.99. The molecule has 2 aromatic carbocycles. The average molecular weight is 361 g/mol. The lowest BCUT2D eigenvalue weighted by Gasteiger charge is -2.31. The molecular formula is C21H17ClN4. The van der Waals surface area contributed by atoms with Gasteiger partial charge in [0.1, 0.15) is 0 Å². The van der Waals surface area contributed by atoms with Crippen molar-refractivity contribution in [3.63, 3.8) is 0 Å². The first-order chi connectivity index (χ1) is 12.5. The SMILES string of the molecule is CC1(C)Cc2c(cnn2-c2ccc(Cl)cc2)-c2nc3ccccc3nc21. The van der Waals surface area contributed by atoms with E-state index >= 15 is 0 Å². The largest absolute Gasteiger partial charge is 0.248 e. The number of rotatable bonds is 1. The zero-order valence-electron chi connectivity index (χ0n) is 14.6. The Morgan fingerprint density at radius 3 is 2.38 bits per heavy atom. The van der Waals surface area contributed by atoms with Crippen molar-refractivity contribution in [2.75, 3.05) is 0 Å². The quantitative estimate of drug-likeness (QED) is 0.481. The molecule has 0 radical (unpaired) electrons. The van der Waals surface area contributed by atoms with E-state index in [0.717, 1.165) is 50.8 Å². The van der Waals surface area contributed by atoms with Gasteiger partial charge in [0.2, 0.25) is 0 Å². The Balaban J connectivity index is 1.76. The van der Waals surface area contributed by atoms with Crippen LogP contribution in [-0.2, 0) is 11.8 Å². The van der Waals surface area contributed by atoms with Gasteiger partial charge >= 0.3 is 0 Å². The number of fused-ring (bicyclic) bond motifs is 4. The molecular weight excluding hydrogens is 344 g/mol. The number of para-hydroxylation sites is 2. The van der Waals surface area contributed by atoms with Crippen LogP contribution >= 0.6 is 11.6 Å². The average Bonchev–Trinajstić information content (AvgIpc) is 3.04. The standard InChI is InChI=1S/C21H17ClN4/c1-21(2)11-18-15(12-23-26(18)14-9-7-13(22)8-10-14)19-20(21)25-17-6-4-3-5-16(17)24-19/h3-10,12H,11H2,1-2H3. The van der Waals surface area contributed by atoms with Crippen molar-refractivity contribution in [3.8, 4) is 16.9 Å². The number of hydrogen-bond acceptors (Lipinski definition) is 3. The second-order valence-electron chi connectivity index (χ2n) is 7.36. The number of halogens is 1. The maximum atomic E-state index is 6.04. The molecule has 5 heteroatoms. The van der Waals surface area contributed by atoms with E-state index in [1.54, 1.807) is 0 Å². The van der Waals surface area contributed by atoms with Gasteiger partial charge in [0.15, 0.2) is 0 Å². The minimum Gasteiger partial charge on any atom is -0.248 e. The molecule has 0 fully saturated rings. The fourth-order valence-electron chi connectivity index (χ4n) is 3.71. The molecule has 0 amide bonds. The van der Waals surface area contributed by atoms with Crippen molar-refractivity contribution in [3.05, 3.63) is 71.1 Å². The highest BCUT2D eigenvalue weighted by Gasteiger charge is 2.36. The fraction of sp³-hybridized carbons (Fsp3) is 0.190. The van der Waals surface area contributed by atoms with E-state index in [4.69, 9.17) is 21.6 Å². The molecule has 0 unspecified atom stereocenters. The Morgan fingerprint density at radius 1 is 0.962 bits per heavy atom. The van der Waals surface area contributed by atoms with Gasteiger partial charge in [-0.1, -0.05) is 37.6 Å². The van der Waals surface area contributed by atoms with Crippen molar-refractivity contribution in [2.24, 2.45) is 0 Å². The topological polar surface area (TPSA) is 43.6 Å². The summed E-state index contributed by atoms with van der Waals surface area (Å²) >= 11 is 6.04. The predicted molar refractivity (Wildman–Crippen MR) is 104 cm³/mol. The molecule has 0 spiro atoms. The molecule has 1 aliphatic carbocycles. The van der Waals surface area contributed by atoms with Crippen LogP contribution in [0.1, 0.15) is 25.2 Å². The summed E-state index contributed by atoms with van der Waals surface area (Å²) in [6.07, 6.45) is 2.76. The Morgan fingerprint density at radius 2 is 1.65 bits per heavy atom. The number of benzene rings is 2. The summed E-state index contributed by atoms with van der Waals surface area (Å²) in [4.78, 5) is 9.88. The number of nitrogens with zero attached hydrogens (tertiary/aromatic N) is 4. The summed E-state index contributed by atoms with van der Waals surface area (Å²) in [5, 5.41) is 5.37. The third-order valence-electron chi connectivity index (χ3n) is 5.02. The predicted octanol–water partition coefficient (Wildman–Crippen LogP) is 4.97. The number of hydrogen-bond donors (Lipinski definition) is 0. The van der Waals surface area contributed by atoms with Crippen LogP contribution in [0.3, 0.4) is 0 Å². The van der Waals surface area contributed by atoms with E-state index in [1.807, 2.05) is 59.4 Å². The van der Waals surface area contributed by atoms with E-state index in [9.17, 15) is 0 Å². The minimum atomic E-state index is -0.121. The minimum absolute atomic E-state index is 0.121. The van der Waals surface area contributed by atoms with Crippen molar-refractivity contribution in [1.29, 1.82) is 0 Å². The highest BCUT2D eigenvalue weighted by atomic mass is 35.5. The first-order valence-electron chi connectivity index (χ1n) is 8.63. The third kappa shape index (κ3) is 2.26. The molecule has 4 nitrogen and oxygen atoms in total. The zero-order chi connectivity index (χ0) is 17.9. The third-order valence-corrected chi connectivity index (χ3v) is 5.27. The molecule has 0 atom stereocenters. The van der Waals surface area contributed by atoms with Gasteiger partial charge in [-0.25, -0.2) is 14.6 Å². The first kappa shape index (κ1) is 15.5.